The van der Waals surface area contributed by atoms with Gasteiger partial charge in [-0.15, -0.1) is 11.8 Å². The highest BCUT2D eigenvalue weighted by Gasteiger charge is 2.23. The lowest BCUT2D eigenvalue weighted by Crippen LogP contribution is -3.12. The van der Waals surface area contributed by atoms with Gasteiger partial charge in [0.25, 0.3) is 0 Å². The summed E-state index contributed by atoms with van der Waals surface area (Å²) in [6.45, 7) is 3.35. The van der Waals surface area contributed by atoms with Crippen LogP contribution in [0.3, 0.4) is 0 Å². The minimum absolute atomic E-state index is 0.153. The Balaban J connectivity index is 1.36. The van der Waals surface area contributed by atoms with Gasteiger partial charge in [-0.25, -0.2) is 0 Å². The van der Waals surface area contributed by atoms with Crippen molar-refractivity contribution in [2.45, 2.75) is 30.3 Å². The van der Waals surface area contributed by atoms with Gasteiger partial charge in [0.05, 0.1) is 18.8 Å². The molecular formula is C20H25N2OS+. The molecule has 1 amide bonds. The van der Waals surface area contributed by atoms with Crippen LogP contribution in [0.5, 0.6) is 0 Å². The maximum atomic E-state index is 12.1. The van der Waals surface area contributed by atoms with E-state index in [1.54, 1.807) is 16.7 Å². The normalized spacial score (nSPS) is 20.5. The number of carbonyl (C=O) groups is 1. The first-order valence-corrected chi connectivity index (χ1v) is 9.63. The minimum Gasteiger partial charge on any atom is -0.352 e. The SMILES string of the molecule is O=C(CSc1ccccc1)NC1CC[NH+](Cc2ccccc2)CC1. The maximum absolute atomic E-state index is 12.1. The number of carbonyl (C=O) groups excluding carboxylic acids is 1. The predicted molar refractivity (Wildman–Crippen MR) is 99.2 cm³/mol. The van der Waals surface area contributed by atoms with Crippen LogP contribution in [0.25, 0.3) is 0 Å². The summed E-state index contributed by atoms with van der Waals surface area (Å²) in [4.78, 5) is 14.9. The molecule has 0 spiro atoms. The fourth-order valence-corrected chi connectivity index (χ4v) is 3.90. The Labute approximate surface area is 148 Å². The zero-order valence-electron chi connectivity index (χ0n) is 13.9. The molecule has 1 fully saturated rings. The summed E-state index contributed by atoms with van der Waals surface area (Å²) < 4.78 is 0. The van der Waals surface area contributed by atoms with Crippen LogP contribution in [0.4, 0.5) is 0 Å². The maximum Gasteiger partial charge on any atom is 0.230 e. The summed E-state index contributed by atoms with van der Waals surface area (Å²) >= 11 is 1.60. The van der Waals surface area contributed by atoms with Crippen LogP contribution in [0.2, 0.25) is 0 Å². The molecule has 0 bridgehead atoms. The lowest BCUT2D eigenvalue weighted by molar-refractivity contribution is -0.918. The zero-order valence-corrected chi connectivity index (χ0v) is 14.7. The van der Waals surface area contributed by atoms with E-state index in [4.69, 9.17) is 0 Å². The highest BCUT2D eigenvalue weighted by atomic mass is 32.2. The Hall–Kier alpha value is -1.78. The molecule has 126 valence electrons. The standard InChI is InChI=1S/C20H24N2OS/c23-20(16-24-19-9-5-2-6-10-19)21-18-11-13-22(14-12-18)15-17-7-3-1-4-8-17/h1-10,18H,11-16H2,(H,21,23)/p+1. The van der Waals surface area contributed by atoms with Gasteiger partial charge >= 0.3 is 0 Å². The number of amides is 1. The molecule has 1 aliphatic rings. The van der Waals surface area contributed by atoms with Gasteiger partial charge in [-0.05, 0) is 12.1 Å². The fraction of sp³-hybridized carbons (Fsp3) is 0.350. The smallest absolute Gasteiger partial charge is 0.230 e. The van der Waals surface area contributed by atoms with Crippen molar-refractivity contribution in [3.63, 3.8) is 0 Å². The number of hydrogen-bond acceptors (Lipinski definition) is 2. The molecule has 1 saturated heterocycles. The lowest BCUT2D eigenvalue weighted by Gasteiger charge is -2.29. The quantitative estimate of drug-likeness (QED) is 0.790. The molecule has 2 N–H and O–H groups in total. The number of piperidine rings is 1. The van der Waals surface area contributed by atoms with E-state index < -0.39 is 0 Å². The molecule has 2 aromatic rings. The predicted octanol–water partition coefficient (Wildman–Crippen LogP) is 2.14. The number of likely N-dealkylation sites (tertiary alicyclic amines) is 1. The molecule has 3 rings (SSSR count). The van der Waals surface area contributed by atoms with Crippen LogP contribution in [0.15, 0.2) is 65.6 Å². The zero-order chi connectivity index (χ0) is 16.6. The summed E-state index contributed by atoms with van der Waals surface area (Å²) in [6, 6.07) is 21.1. The summed E-state index contributed by atoms with van der Waals surface area (Å²) in [5.74, 6) is 0.654. The van der Waals surface area contributed by atoms with E-state index >= 15 is 0 Å². The Morgan fingerprint density at radius 1 is 1.00 bits per heavy atom. The van der Waals surface area contributed by atoms with Crippen LogP contribution in [-0.4, -0.2) is 30.8 Å². The number of quaternary nitrogens is 1. The molecule has 2 aromatic carbocycles. The number of nitrogens with one attached hydrogen (secondary N) is 2. The van der Waals surface area contributed by atoms with E-state index in [9.17, 15) is 4.79 Å². The van der Waals surface area contributed by atoms with Crippen molar-refractivity contribution in [3.8, 4) is 0 Å². The van der Waals surface area contributed by atoms with Gasteiger partial charge in [0.15, 0.2) is 0 Å². The molecule has 0 atom stereocenters. The molecular weight excluding hydrogens is 316 g/mol. The van der Waals surface area contributed by atoms with Gasteiger partial charge < -0.3 is 10.2 Å². The third-order valence-corrected chi connectivity index (χ3v) is 5.48. The minimum atomic E-state index is 0.153. The van der Waals surface area contributed by atoms with E-state index in [0.29, 0.717) is 11.8 Å². The molecule has 0 radical (unpaired) electrons. The van der Waals surface area contributed by atoms with Gasteiger partial charge in [0.1, 0.15) is 6.54 Å². The first-order chi connectivity index (χ1) is 11.8. The molecule has 24 heavy (non-hydrogen) atoms. The average molecular weight is 342 g/mol. The average Bonchev–Trinajstić information content (AvgIpc) is 2.63. The lowest BCUT2D eigenvalue weighted by atomic mass is 10.0. The van der Waals surface area contributed by atoms with Crippen molar-refractivity contribution >= 4 is 17.7 Å². The number of hydrogen-bond donors (Lipinski definition) is 2. The first kappa shape index (κ1) is 17.1. The fourth-order valence-electron chi connectivity index (χ4n) is 3.17. The second kappa shape index (κ2) is 8.90. The Bertz CT molecular complexity index is 625. The summed E-state index contributed by atoms with van der Waals surface area (Å²) in [5.41, 5.74) is 1.40. The summed E-state index contributed by atoms with van der Waals surface area (Å²) in [7, 11) is 0. The first-order valence-electron chi connectivity index (χ1n) is 8.64. The molecule has 0 aliphatic carbocycles. The van der Waals surface area contributed by atoms with E-state index in [1.165, 1.54) is 5.56 Å². The van der Waals surface area contributed by atoms with Crippen LogP contribution >= 0.6 is 11.8 Å². The second-order valence-corrected chi connectivity index (χ2v) is 7.40. The third kappa shape index (κ3) is 5.39. The van der Waals surface area contributed by atoms with Crippen LogP contribution in [-0.2, 0) is 11.3 Å². The van der Waals surface area contributed by atoms with Gasteiger partial charge in [0, 0.05) is 29.3 Å². The van der Waals surface area contributed by atoms with Gasteiger partial charge in [-0.3, -0.25) is 4.79 Å². The highest BCUT2D eigenvalue weighted by Crippen LogP contribution is 2.16. The Morgan fingerprint density at radius 2 is 1.62 bits per heavy atom. The molecule has 3 nitrogen and oxygen atoms in total. The van der Waals surface area contributed by atoms with E-state index in [1.807, 2.05) is 30.3 Å². The molecule has 1 heterocycles. The largest absolute Gasteiger partial charge is 0.352 e. The van der Waals surface area contributed by atoms with E-state index in [0.717, 1.165) is 37.4 Å². The Morgan fingerprint density at radius 3 is 2.29 bits per heavy atom. The number of rotatable bonds is 6. The van der Waals surface area contributed by atoms with Crippen LogP contribution in [0, 0.1) is 0 Å². The van der Waals surface area contributed by atoms with Crippen LogP contribution in [0.1, 0.15) is 18.4 Å². The molecule has 0 aromatic heterocycles. The van der Waals surface area contributed by atoms with Gasteiger partial charge in [-0.1, -0.05) is 48.5 Å². The molecule has 0 unspecified atom stereocenters. The number of benzene rings is 2. The van der Waals surface area contributed by atoms with Crippen molar-refractivity contribution < 1.29 is 9.69 Å². The molecule has 0 saturated carbocycles. The van der Waals surface area contributed by atoms with Crippen LogP contribution < -0.4 is 10.2 Å². The summed E-state index contributed by atoms with van der Waals surface area (Å²) in [6.07, 6.45) is 2.15. The van der Waals surface area contributed by atoms with E-state index in [2.05, 4.69) is 35.6 Å². The second-order valence-electron chi connectivity index (χ2n) is 6.36. The summed E-state index contributed by atoms with van der Waals surface area (Å²) in [5, 5.41) is 3.20. The van der Waals surface area contributed by atoms with Crippen molar-refractivity contribution in [3.05, 3.63) is 66.2 Å². The van der Waals surface area contributed by atoms with Crippen molar-refractivity contribution in [1.82, 2.24) is 5.32 Å². The van der Waals surface area contributed by atoms with Crippen molar-refractivity contribution in [2.75, 3.05) is 18.8 Å². The monoisotopic (exact) mass is 341 g/mol. The Kier molecular flexibility index (Phi) is 6.33. The third-order valence-electron chi connectivity index (χ3n) is 4.47. The van der Waals surface area contributed by atoms with Crippen molar-refractivity contribution in [1.29, 1.82) is 0 Å². The molecule has 4 heteroatoms. The van der Waals surface area contributed by atoms with Gasteiger partial charge in [0.2, 0.25) is 5.91 Å². The van der Waals surface area contributed by atoms with Gasteiger partial charge in [-0.2, -0.15) is 0 Å². The highest BCUT2D eigenvalue weighted by molar-refractivity contribution is 8.00. The van der Waals surface area contributed by atoms with Crippen molar-refractivity contribution in [2.24, 2.45) is 0 Å². The number of thioether (sulfide) groups is 1. The topological polar surface area (TPSA) is 33.5 Å². The molecule has 1 aliphatic heterocycles. The van der Waals surface area contributed by atoms with E-state index in [-0.39, 0.29) is 5.91 Å².